The summed E-state index contributed by atoms with van der Waals surface area (Å²) in [6.07, 6.45) is 3.52. The minimum atomic E-state index is -0.624. The average molecular weight is 442 g/mol. The third-order valence-electron chi connectivity index (χ3n) is 5.82. The molecule has 1 aromatic heterocycles. The van der Waals surface area contributed by atoms with Crippen LogP contribution < -0.4 is 9.47 Å². The van der Waals surface area contributed by atoms with Crippen LogP contribution in [0.15, 0.2) is 53.1 Å². The third kappa shape index (κ3) is 4.26. The predicted octanol–water partition coefficient (Wildman–Crippen LogP) is 5.57. The smallest absolute Gasteiger partial charge is 0.316 e. The van der Waals surface area contributed by atoms with Crippen molar-refractivity contribution in [2.24, 2.45) is 0 Å². The van der Waals surface area contributed by atoms with Gasteiger partial charge in [0.15, 0.2) is 17.3 Å². The van der Waals surface area contributed by atoms with Crippen LogP contribution >= 0.6 is 11.6 Å². The molecule has 0 atom stereocenters. The molecule has 0 radical (unpaired) electrons. The van der Waals surface area contributed by atoms with Gasteiger partial charge in [-0.15, -0.1) is 0 Å². The fraction of sp³-hybridized carbons (Fsp3) is 0.333. The van der Waals surface area contributed by atoms with E-state index in [9.17, 15) is 4.79 Å². The minimum Gasteiger partial charge on any atom is -0.493 e. The second kappa shape index (κ2) is 9.02. The SMILES string of the molecule is COc1ccc(-c2cc(COC(=O)C3(c4ccc(Cl)cc4)CCCC3)no2)cc1OC. The first-order chi connectivity index (χ1) is 15.1. The molecule has 7 heteroatoms. The Balaban J connectivity index is 1.48. The zero-order valence-corrected chi connectivity index (χ0v) is 18.3. The molecular weight excluding hydrogens is 418 g/mol. The summed E-state index contributed by atoms with van der Waals surface area (Å²) in [7, 11) is 3.16. The molecule has 0 unspecified atom stereocenters. The number of hydrogen-bond acceptors (Lipinski definition) is 6. The molecule has 0 amide bonds. The summed E-state index contributed by atoms with van der Waals surface area (Å²) in [4.78, 5) is 13.1. The van der Waals surface area contributed by atoms with Crippen molar-refractivity contribution in [2.45, 2.75) is 37.7 Å². The van der Waals surface area contributed by atoms with E-state index in [2.05, 4.69) is 5.16 Å². The van der Waals surface area contributed by atoms with Crippen LogP contribution in [-0.2, 0) is 21.6 Å². The number of carbonyl (C=O) groups excluding carboxylic acids is 1. The molecule has 6 nitrogen and oxygen atoms in total. The normalized spacial score (nSPS) is 14.9. The number of methoxy groups -OCH3 is 2. The van der Waals surface area contributed by atoms with Gasteiger partial charge in [0.25, 0.3) is 0 Å². The van der Waals surface area contributed by atoms with Gasteiger partial charge in [0.2, 0.25) is 0 Å². The van der Waals surface area contributed by atoms with Gasteiger partial charge in [-0.1, -0.05) is 41.7 Å². The van der Waals surface area contributed by atoms with E-state index in [-0.39, 0.29) is 12.6 Å². The number of halogens is 1. The molecule has 0 saturated heterocycles. The van der Waals surface area contributed by atoms with Crippen LogP contribution in [0.25, 0.3) is 11.3 Å². The fourth-order valence-corrected chi connectivity index (χ4v) is 4.27. The van der Waals surface area contributed by atoms with Crippen molar-refractivity contribution >= 4 is 17.6 Å². The molecule has 4 rings (SSSR count). The van der Waals surface area contributed by atoms with E-state index in [1.807, 2.05) is 36.4 Å². The molecule has 31 heavy (non-hydrogen) atoms. The van der Waals surface area contributed by atoms with E-state index in [1.165, 1.54) is 0 Å². The zero-order chi connectivity index (χ0) is 21.8. The highest BCUT2D eigenvalue weighted by Crippen LogP contribution is 2.42. The monoisotopic (exact) mass is 441 g/mol. The second-order valence-corrected chi connectivity index (χ2v) is 8.06. The maximum atomic E-state index is 13.1. The van der Waals surface area contributed by atoms with Crippen LogP contribution in [0.3, 0.4) is 0 Å². The fourth-order valence-electron chi connectivity index (χ4n) is 4.14. The van der Waals surface area contributed by atoms with Crippen LogP contribution in [0.5, 0.6) is 11.5 Å². The predicted molar refractivity (Wildman–Crippen MR) is 116 cm³/mol. The summed E-state index contributed by atoms with van der Waals surface area (Å²) < 4.78 is 21.7. The zero-order valence-electron chi connectivity index (χ0n) is 17.5. The lowest BCUT2D eigenvalue weighted by molar-refractivity contribution is -0.152. The Labute approximate surface area is 186 Å². The van der Waals surface area contributed by atoms with Crippen LogP contribution in [-0.4, -0.2) is 25.3 Å². The summed E-state index contributed by atoms with van der Waals surface area (Å²) in [6.45, 7) is 0.0466. The maximum Gasteiger partial charge on any atom is 0.316 e. The van der Waals surface area contributed by atoms with E-state index < -0.39 is 5.41 Å². The highest BCUT2D eigenvalue weighted by atomic mass is 35.5. The molecule has 0 N–H and O–H groups in total. The molecular formula is C24H24ClNO5. The van der Waals surface area contributed by atoms with Gasteiger partial charge in [-0.2, -0.15) is 0 Å². The first-order valence-electron chi connectivity index (χ1n) is 10.2. The largest absolute Gasteiger partial charge is 0.493 e. The van der Waals surface area contributed by atoms with E-state index in [1.54, 1.807) is 26.4 Å². The Morgan fingerprint density at radius 3 is 2.42 bits per heavy atom. The molecule has 1 saturated carbocycles. The van der Waals surface area contributed by atoms with Gasteiger partial charge in [0.05, 0.1) is 19.6 Å². The average Bonchev–Trinajstić information content (AvgIpc) is 3.48. The first kappa shape index (κ1) is 21.2. The number of aromatic nitrogens is 1. The number of esters is 1. The van der Waals surface area contributed by atoms with Crippen molar-refractivity contribution < 1.29 is 23.5 Å². The van der Waals surface area contributed by atoms with E-state index in [4.69, 9.17) is 30.3 Å². The van der Waals surface area contributed by atoms with Gasteiger partial charge >= 0.3 is 5.97 Å². The number of carbonyl (C=O) groups is 1. The lowest BCUT2D eigenvalue weighted by Crippen LogP contribution is -2.34. The number of ether oxygens (including phenoxy) is 3. The molecule has 0 spiro atoms. The summed E-state index contributed by atoms with van der Waals surface area (Å²) in [5.74, 6) is 1.54. The number of nitrogens with zero attached hydrogens (tertiary/aromatic N) is 1. The second-order valence-electron chi connectivity index (χ2n) is 7.62. The summed E-state index contributed by atoms with van der Waals surface area (Å²) in [6, 6.07) is 14.7. The van der Waals surface area contributed by atoms with Gasteiger partial charge < -0.3 is 18.7 Å². The molecule has 0 bridgehead atoms. The van der Waals surface area contributed by atoms with Crippen LogP contribution in [0.2, 0.25) is 5.02 Å². The lowest BCUT2D eigenvalue weighted by Gasteiger charge is -2.27. The van der Waals surface area contributed by atoms with Crippen LogP contribution in [0.1, 0.15) is 36.9 Å². The van der Waals surface area contributed by atoms with E-state index >= 15 is 0 Å². The van der Waals surface area contributed by atoms with Crippen molar-refractivity contribution in [3.05, 3.63) is 64.8 Å². The summed E-state index contributed by atoms with van der Waals surface area (Å²) >= 11 is 6.02. The van der Waals surface area contributed by atoms with Crippen LogP contribution in [0, 0.1) is 0 Å². The molecule has 1 aliphatic rings. The Bertz CT molecular complexity index is 1050. The topological polar surface area (TPSA) is 70.8 Å². The van der Waals surface area contributed by atoms with Crippen molar-refractivity contribution in [1.29, 1.82) is 0 Å². The van der Waals surface area contributed by atoms with E-state index in [0.717, 1.165) is 36.8 Å². The maximum absolute atomic E-state index is 13.1. The Morgan fingerprint density at radius 2 is 1.74 bits per heavy atom. The third-order valence-corrected chi connectivity index (χ3v) is 6.07. The number of benzene rings is 2. The molecule has 2 aromatic carbocycles. The molecule has 1 heterocycles. The highest BCUT2D eigenvalue weighted by Gasteiger charge is 2.44. The van der Waals surface area contributed by atoms with Crippen LogP contribution in [0.4, 0.5) is 0 Å². The number of rotatable bonds is 7. The van der Waals surface area contributed by atoms with Gasteiger partial charge in [0.1, 0.15) is 12.3 Å². The van der Waals surface area contributed by atoms with Crippen molar-refractivity contribution in [1.82, 2.24) is 5.16 Å². The standard InChI is InChI=1S/C24H24ClNO5/c1-28-20-10-5-16(13-22(20)29-2)21-14-19(26-31-21)15-30-23(27)24(11-3-4-12-24)17-6-8-18(25)9-7-17/h5-10,13-14H,3-4,11-12,15H2,1-2H3. The summed E-state index contributed by atoms with van der Waals surface area (Å²) in [5.41, 5.74) is 1.66. The minimum absolute atomic E-state index is 0.0466. The molecule has 162 valence electrons. The molecule has 1 aliphatic carbocycles. The Morgan fingerprint density at radius 1 is 1.03 bits per heavy atom. The van der Waals surface area contributed by atoms with Crippen molar-refractivity contribution in [3.8, 4) is 22.8 Å². The van der Waals surface area contributed by atoms with Crippen molar-refractivity contribution in [2.75, 3.05) is 14.2 Å². The molecule has 0 aliphatic heterocycles. The van der Waals surface area contributed by atoms with Gasteiger partial charge in [-0.3, -0.25) is 4.79 Å². The lowest BCUT2D eigenvalue weighted by atomic mass is 9.79. The Hall–Kier alpha value is -2.99. The van der Waals surface area contributed by atoms with Gasteiger partial charge in [-0.25, -0.2) is 0 Å². The Kier molecular flexibility index (Phi) is 6.18. The highest BCUT2D eigenvalue weighted by molar-refractivity contribution is 6.30. The summed E-state index contributed by atoms with van der Waals surface area (Å²) in [5, 5.41) is 4.70. The van der Waals surface area contributed by atoms with Gasteiger partial charge in [0, 0.05) is 16.7 Å². The number of hydrogen-bond donors (Lipinski definition) is 0. The molecule has 1 fully saturated rings. The van der Waals surface area contributed by atoms with Crippen molar-refractivity contribution in [3.63, 3.8) is 0 Å². The quantitative estimate of drug-likeness (QED) is 0.446. The van der Waals surface area contributed by atoms with Gasteiger partial charge in [-0.05, 0) is 48.7 Å². The van der Waals surface area contributed by atoms with E-state index in [0.29, 0.717) is 28.0 Å². The molecule has 3 aromatic rings. The first-order valence-corrected chi connectivity index (χ1v) is 10.5.